The van der Waals surface area contributed by atoms with Crippen LogP contribution in [-0.2, 0) is 23.0 Å². The van der Waals surface area contributed by atoms with Crippen LogP contribution in [0, 0.1) is 5.92 Å². The van der Waals surface area contributed by atoms with Crippen molar-refractivity contribution in [2.45, 2.75) is 38.1 Å². The van der Waals surface area contributed by atoms with E-state index in [-0.39, 0.29) is 0 Å². The molecular formula is C18H24N2O2S. The topological polar surface area (TPSA) is 50.3 Å². The summed E-state index contributed by atoms with van der Waals surface area (Å²) in [5.41, 5.74) is 2.04. The molecule has 23 heavy (non-hydrogen) atoms. The monoisotopic (exact) mass is 332 g/mol. The molecule has 0 spiro atoms. The minimum atomic E-state index is -3.48. The van der Waals surface area contributed by atoms with Gasteiger partial charge in [-0.2, -0.15) is 4.31 Å². The Hall–Kier alpha value is -1.72. The van der Waals surface area contributed by atoms with Crippen molar-refractivity contribution in [2.24, 2.45) is 5.92 Å². The summed E-state index contributed by atoms with van der Waals surface area (Å²) in [5, 5.41) is 0. The highest BCUT2D eigenvalue weighted by atomic mass is 32.2. The molecule has 0 unspecified atom stereocenters. The van der Waals surface area contributed by atoms with E-state index in [1.54, 1.807) is 37.6 Å². The van der Waals surface area contributed by atoms with Gasteiger partial charge in [0.05, 0.1) is 4.90 Å². The van der Waals surface area contributed by atoms with Gasteiger partial charge in [-0.25, -0.2) is 8.42 Å². The first kappa shape index (κ1) is 17.6. The Labute approximate surface area is 139 Å². The van der Waals surface area contributed by atoms with Crippen LogP contribution in [-0.4, -0.2) is 24.8 Å². The van der Waals surface area contributed by atoms with Crippen LogP contribution in [0.2, 0.25) is 0 Å². The Bertz CT molecular complexity index is 710. The molecule has 2 rings (SSSR count). The highest BCUT2D eigenvalue weighted by molar-refractivity contribution is 7.89. The number of nitrogens with zero attached hydrogens (tertiary/aromatic N) is 2. The van der Waals surface area contributed by atoms with Gasteiger partial charge in [0.15, 0.2) is 0 Å². The van der Waals surface area contributed by atoms with Gasteiger partial charge in [-0.15, -0.1) is 0 Å². The average Bonchev–Trinajstić information content (AvgIpc) is 2.54. The van der Waals surface area contributed by atoms with E-state index in [1.165, 1.54) is 9.87 Å². The molecule has 0 atom stereocenters. The van der Waals surface area contributed by atoms with Crippen molar-refractivity contribution >= 4 is 10.0 Å². The summed E-state index contributed by atoms with van der Waals surface area (Å²) in [6.45, 7) is 4.68. The molecule has 0 radical (unpaired) electrons. The summed E-state index contributed by atoms with van der Waals surface area (Å²) in [6, 6.07) is 10.9. The fraction of sp³-hybridized carbons (Fsp3) is 0.389. The molecule has 1 heterocycles. The van der Waals surface area contributed by atoms with E-state index < -0.39 is 10.0 Å². The largest absolute Gasteiger partial charge is 0.264 e. The van der Waals surface area contributed by atoms with E-state index in [0.29, 0.717) is 17.4 Å². The summed E-state index contributed by atoms with van der Waals surface area (Å²) in [5.74, 6) is 0.643. The van der Waals surface area contributed by atoms with E-state index in [1.807, 2.05) is 18.2 Å². The molecule has 0 fully saturated rings. The minimum Gasteiger partial charge on any atom is -0.264 e. The lowest BCUT2D eigenvalue weighted by Gasteiger charge is -2.17. The lowest BCUT2D eigenvalue weighted by atomic mass is 10.0. The van der Waals surface area contributed by atoms with E-state index in [0.717, 1.165) is 18.4 Å². The second-order valence-electron chi connectivity index (χ2n) is 6.20. The van der Waals surface area contributed by atoms with Crippen LogP contribution in [0.25, 0.3) is 0 Å². The van der Waals surface area contributed by atoms with Gasteiger partial charge in [0.1, 0.15) is 0 Å². The smallest absolute Gasteiger partial charge is 0.243 e. The zero-order chi connectivity index (χ0) is 16.9. The molecule has 1 aromatic carbocycles. The number of aromatic nitrogens is 1. The van der Waals surface area contributed by atoms with Crippen molar-refractivity contribution in [3.8, 4) is 0 Å². The maximum absolute atomic E-state index is 12.6. The van der Waals surface area contributed by atoms with Crippen LogP contribution in [0.4, 0.5) is 0 Å². The molecule has 5 heteroatoms. The first-order chi connectivity index (χ1) is 10.9. The molecule has 0 aliphatic heterocycles. The number of hydrogen-bond donors (Lipinski definition) is 0. The van der Waals surface area contributed by atoms with Gasteiger partial charge in [0.25, 0.3) is 0 Å². The molecule has 124 valence electrons. The predicted molar refractivity (Wildman–Crippen MR) is 92.5 cm³/mol. The number of rotatable bonds is 7. The van der Waals surface area contributed by atoms with Gasteiger partial charge >= 0.3 is 0 Å². The maximum Gasteiger partial charge on any atom is 0.243 e. The number of sulfonamides is 1. The van der Waals surface area contributed by atoms with Gasteiger partial charge in [-0.3, -0.25) is 4.98 Å². The Morgan fingerprint density at radius 2 is 1.78 bits per heavy atom. The Morgan fingerprint density at radius 3 is 2.35 bits per heavy atom. The van der Waals surface area contributed by atoms with E-state index in [2.05, 4.69) is 18.8 Å². The second kappa shape index (κ2) is 7.70. The van der Waals surface area contributed by atoms with Crippen molar-refractivity contribution in [3.63, 3.8) is 0 Å². The molecule has 1 aromatic heterocycles. The SMILES string of the molecule is CC(C)CCc1ccc(S(=O)(=O)N(C)Cc2cccnc2)cc1. The first-order valence-electron chi connectivity index (χ1n) is 7.84. The zero-order valence-corrected chi connectivity index (χ0v) is 14.8. The van der Waals surface area contributed by atoms with Crippen LogP contribution in [0.1, 0.15) is 31.4 Å². The van der Waals surface area contributed by atoms with Crippen molar-refractivity contribution in [2.75, 3.05) is 7.05 Å². The lowest BCUT2D eigenvalue weighted by molar-refractivity contribution is 0.466. The van der Waals surface area contributed by atoms with Crippen LogP contribution >= 0.6 is 0 Å². The molecule has 0 aliphatic carbocycles. The number of hydrogen-bond acceptors (Lipinski definition) is 3. The van der Waals surface area contributed by atoms with E-state index in [4.69, 9.17) is 0 Å². The fourth-order valence-electron chi connectivity index (χ4n) is 2.30. The standard InChI is InChI=1S/C18H24N2O2S/c1-15(2)6-7-16-8-10-18(11-9-16)23(21,22)20(3)14-17-5-4-12-19-13-17/h4-5,8-13,15H,6-7,14H2,1-3H3. The highest BCUT2D eigenvalue weighted by Gasteiger charge is 2.20. The van der Waals surface area contributed by atoms with Gasteiger partial charge in [-0.1, -0.05) is 32.0 Å². The number of pyridine rings is 1. The van der Waals surface area contributed by atoms with Crippen molar-refractivity contribution in [1.82, 2.24) is 9.29 Å². The second-order valence-corrected chi connectivity index (χ2v) is 8.24. The minimum absolute atomic E-state index is 0.311. The summed E-state index contributed by atoms with van der Waals surface area (Å²) in [7, 11) is -1.89. The molecule has 0 amide bonds. The van der Waals surface area contributed by atoms with E-state index in [9.17, 15) is 8.42 Å². The summed E-state index contributed by atoms with van der Waals surface area (Å²) in [4.78, 5) is 4.35. The van der Waals surface area contributed by atoms with Crippen LogP contribution < -0.4 is 0 Å². The Kier molecular flexibility index (Phi) is 5.91. The van der Waals surface area contributed by atoms with Crippen LogP contribution in [0.3, 0.4) is 0 Å². The molecule has 4 nitrogen and oxygen atoms in total. The Balaban J connectivity index is 2.09. The van der Waals surface area contributed by atoms with Gasteiger partial charge < -0.3 is 0 Å². The summed E-state index contributed by atoms with van der Waals surface area (Å²) in [6.07, 6.45) is 5.44. The quantitative estimate of drug-likeness (QED) is 0.780. The highest BCUT2D eigenvalue weighted by Crippen LogP contribution is 2.18. The lowest BCUT2D eigenvalue weighted by Crippen LogP contribution is -2.26. The molecule has 0 bridgehead atoms. The van der Waals surface area contributed by atoms with Gasteiger partial charge in [0.2, 0.25) is 10.0 Å². The summed E-state index contributed by atoms with van der Waals surface area (Å²) >= 11 is 0. The molecule has 0 aliphatic rings. The van der Waals surface area contributed by atoms with Crippen LogP contribution in [0.15, 0.2) is 53.7 Å². The third-order valence-electron chi connectivity index (χ3n) is 3.77. The van der Waals surface area contributed by atoms with Crippen molar-refractivity contribution < 1.29 is 8.42 Å². The number of aryl methyl sites for hydroxylation is 1. The summed E-state index contributed by atoms with van der Waals surface area (Å²) < 4.78 is 26.6. The van der Waals surface area contributed by atoms with Gasteiger partial charge in [-0.05, 0) is 48.1 Å². The molecule has 2 aromatic rings. The third kappa shape index (κ3) is 4.88. The zero-order valence-electron chi connectivity index (χ0n) is 13.9. The predicted octanol–water partition coefficient (Wildman–Crippen LogP) is 3.49. The van der Waals surface area contributed by atoms with Crippen molar-refractivity contribution in [3.05, 3.63) is 59.9 Å². The first-order valence-corrected chi connectivity index (χ1v) is 9.28. The van der Waals surface area contributed by atoms with E-state index >= 15 is 0 Å². The molecular weight excluding hydrogens is 308 g/mol. The van der Waals surface area contributed by atoms with Crippen molar-refractivity contribution in [1.29, 1.82) is 0 Å². The van der Waals surface area contributed by atoms with Crippen LogP contribution in [0.5, 0.6) is 0 Å². The fourth-order valence-corrected chi connectivity index (χ4v) is 3.46. The number of benzene rings is 1. The third-order valence-corrected chi connectivity index (χ3v) is 5.59. The molecule has 0 saturated carbocycles. The maximum atomic E-state index is 12.6. The van der Waals surface area contributed by atoms with Gasteiger partial charge in [0, 0.05) is 26.0 Å². The average molecular weight is 332 g/mol. The Morgan fingerprint density at radius 1 is 1.09 bits per heavy atom. The molecule has 0 N–H and O–H groups in total. The molecule has 0 saturated heterocycles. The normalized spacial score (nSPS) is 12.0.